The van der Waals surface area contributed by atoms with Crippen molar-refractivity contribution in [2.24, 2.45) is 0 Å². The van der Waals surface area contributed by atoms with Crippen LogP contribution in [0.3, 0.4) is 0 Å². The van der Waals surface area contributed by atoms with Gasteiger partial charge in [-0.25, -0.2) is 0 Å². The second-order valence-electron chi connectivity index (χ2n) is 6.63. The topological polar surface area (TPSA) is 60.6 Å². The first kappa shape index (κ1) is 18.2. The average molecular weight is 385 g/mol. The van der Waals surface area contributed by atoms with E-state index in [1.165, 1.54) is 4.88 Å². The molecule has 1 aliphatic rings. The Morgan fingerprint density at radius 1 is 1.26 bits per heavy atom. The summed E-state index contributed by atoms with van der Waals surface area (Å²) in [6.07, 6.45) is 2.53. The van der Waals surface area contributed by atoms with Crippen LogP contribution in [-0.4, -0.2) is 41.4 Å². The Kier molecular flexibility index (Phi) is 5.81. The van der Waals surface area contributed by atoms with Gasteiger partial charge in [0.25, 0.3) is 0 Å². The molecule has 142 valence electrons. The van der Waals surface area contributed by atoms with E-state index in [9.17, 15) is 0 Å². The summed E-state index contributed by atoms with van der Waals surface area (Å²) in [7, 11) is 1.65. The van der Waals surface area contributed by atoms with Crippen molar-refractivity contribution in [3.05, 3.63) is 52.5 Å². The Hall–Kier alpha value is -2.22. The van der Waals surface area contributed by atoms with E-state index in [0.717, 1.165) is 43.9 Å². The minimum atomic E-state index is 0.283. The van der Waals surface area contributed by atoms with Crippen molar-refractivity contribution in [3.8, 4) is 17.1 Å². The van der Waals surface area contributed by atoms with Gasteiger partial charge in [-0.3, -0.25) is 4.90 Å². The van der Waals surface area contributed by atoms with Crippen LogP contribution in [0.15, 0.2) is 46.3 Å². The lowest BCUT2D eigenvalue weighted by molar-refractivity contribution is 0.0644. The van der Waals surface area contributed by atoms with Crippen molar-refractivity contribution in [2.45, 2.75) is 32.0 Å². The summed E-state index contributed by atoms with van der Waals surface area (Å²) < 4.78 is 16.6. The van der Waals surface area contributed by atoms with Gasteiger partial charge in [-0.15, -0.1) is 11.3 Å². The van der Waals surface area contributed by atoms with E-state index in [4.69, 9.17) is 14.0 Å². The average Bonchev–Trinajstić information content (AvgIpc) is 3.45. The van der Waals surface area contributed by atoms with Gasteiger partial charge in [0.1, 0.15) is 5.75 Å². The Balaban J connectivity index is 1.47. The summed E-state index contributed by atoms with van der Waals surface area (Å²) in [5.74, 6) is 1.97. The lowest BCUT2D eigenvalue weighted by Gasteiger charge is -2.23. The summed E-state index contributed by atoms with van der Waals surface area (Å²) in [5, 5.41) is 6.25. The van der Waals surface area contributed by atoms with E-state index in [-0.39, 0.29) is 6.10 Å². The number of thiophene rings is 1. The molecule has 0 saturated carbocycles. The summed E-state index contributed by atoms with van der Waals surface area (Å²) >= 11 is 1.76. The zero-order chi connectivity index (χ0) is 18.5. The fraction of sp³-hybridized carbons (Fsp3) is 0.400. The van der Waals surface area contributed by atoms with Gasteiger partial charge in [-0.2, -0.15) is 4.98 Å². The maximum atomic E-state index is 5.82. The molecule has 1 aliphatic heterocycles. The number of hydrogen-bond donors (Lipinski definition) is 0. The third-order valence-electron chi connectivity index (χ3n) is 4.60. The molecule has 3 aromatic rings. The molecule has 3 heterocycles. The van der Waals surface area contributed by atoms with Crippen molar-refractivity contribution in [3.63, 3.8) is 0 Å². The molecule has 1 atom stereocenters. The van der Waals surface area contributed by atoms with Gasteiger partial charge in [0.15, 0.2) is 0 Å². The second kappa shape index (κ2) is 8.65. The number of benzene rings is 1. The molecule has 1 fully saturated rings. The van der Waals surface area contributed by atoms with Crippen LogP contribution in [0, 0.1) is 0 Å². The third kappa shape index (κ3) is 4.74. The molecule has 0 amide bonds. The molecule has 27 heavy (non-hydrogen) atoms. The lowest BCUT2D eigenvalue weighted by atomic mass is 10.2. The number of hydrogen-bond acceptors (Lipinski definition) is 7. The van der Waals surface area contributed by atoms with E-state index in [1.807, 2.05) is 24.3 Å². The van der Waals surface area contributed by atoms with Crippen LogP contribution in [0.1, 0.15) is 23.6 Å². The standard InChI is InChI=1S/C20H23N3O3S/c1-24-16-6-2-5-15(11-16)20-21-19(26-22-20)14-23(12-17-7-3-9-25-17)13-18-8-4-10-27-18/h2,4-6,8,10-11,17H,3,7,9,12-14H2,1H3. The number of ether oxygens (including phenoxy) is 2. The van der Waals surface area contributed by atoms with Gasteiger partial charge < -0.3 is 14.0 Å². The maximum Gasteiger partial charge on any atom is 0.241 e. The number of methoxy groups -OCH3 is 1. The normalized spacial score (nSPS) is 16.9. The molecule has 6 nitrogen and oxygen atoms in total. The number of rotatable bonds is 8. The first-order valence-electron chi connectivity index (χ1n) is 9.13. The molecule has 7 heteroatoms. The van der Waals surface area contributed by atoms with E-state index in [2.05, 4.69) is 32.6 Å². The summed E-state index contributed by atoms with van der Waals surface area (Å²) in [4.78, 5) is 8.23. The first-order valence-corrected chi connectivity index (χ1v) is 10.0. The molecular weight excluding hydrogens is 362 g/mol. The van der Waals surface area contributed by atoms with Gasteiger partial charge in [-0.1, -0.05) is 23.4 Å². The molecule has 0 bridgehead atoms. The van der Waals surface area contributed by atoms with Crippen LogP contribution in [0.4, 0.5) is 0 Å². The predicted octanol–water partition coefficient (Wildman–Crippen LogP) is 3.99. The van der Waals surface area contributed by atoms with E-state index in [1.54, 1.807) is 18.4 Å². The van der Waals surface area contributed by atoms with E-state index < -0.39 is 0 Å². The largest absolute Gasteiger partial charge is 0.497 e. The van der Waals surface area contributed by atoms with Crippen molar-refractivity contribution in [1.82, 2.24) is 15.0 Å². The Bertz CT molecular complexity index is 844. The highest BCUT2D eigenvalue weighted by Crippen LogP contribution is 2.23. The number of aromatic nitrogens is 2. The monoisotopic (exact) mass is 385 g/mol. The van der Waals surface area contributed by atoms with Gasteiger partial charge in [0.05, 0.1) is 19.8 Å². The quantitative estimate of drug-likeness (QED) is 0.584. The SMILES string of the molecule is COc1cccc(-c2noc(CN(Cc3cccs3)CC3CCCO3)n2)c1. The molecule has 0 aliphatic carbocycles. The van der Waals surface area contributed by atoms with Gasteiger partial charge in [0.2, 0.25) is 11.7 Å². The molecule has 0 spiro atoms. The van der Waals surface area contributed by atoms with Gasteiger partial charge >= 0.3 is 0 Å². The minimum absolute atomic E-state index is 0.283. The van der Waals surface area contributed by atoms with Crippen molar-refractivity contribution in [2.75, 3.05) is 20.3 Å². The highest BCUT2D eigenvalue weighted by atomic mass is 32.1. The van der Waals surface area contributed by atoms with Crippen LogP contribution in [0.5, 0.6) is 5.75 Å². The maximum absolute atomic E-state index is 5.82. The zero-order valence-electron chi connectivity index (χ0n) is 15.3. The molecule has 1 saturated heterocycles. The molecule has 0 N–H and O–H groups in total. The van der Waals surface area contributed by atoms with E-state index in [0.29, 0.717) is 18.3 Å². The highest BCUT2D eigenvalue weighted by molar-refractivity contribution is 7.09. The molecule has 4 rings (SSSR count). The summed E-state index contributed by atoms with van der Waals surface area (Å²) in [6.45, 7) is 3.19. The molecule has 0 radical (unpaired) electrons. The Morgan fingerprint density at radius 3 is 3.00 bits per heavy atom. The van der Waals surface area contributed by atoms with Gasteiger partial charge in [0, 0.05) is 30.1 Å². The van der Waals surface area contributed by atoms with Crippen LogP contribution in [0.2, 0.25) is 0 Å². The van der Waals surface area contributed by atoms with Crippen LogP contribution in [0.25, 0.3) is 11.4 Å². The first-order chi connectivity index (χ1) is 13.3. The van der Waals surface area contributed by atoms with E-state index >= 15 is 0 Å². The summed E-state index contributed by atoms with van der Waals surface area (Å²) in [5.41, 5.74) is 0.883. The summed E-state index contributed by atoms with van der Waals surface area (Å²) in [6, 6.07) is 11.9. The molecular formula is C20H23N3O3S. The fourth-order valence-electron chi connectivity index (χ4n) is 3.27. The Labute approximate surface area is 162 Å². The van der Waals surface area contributed by atoms with Crippen LogP contribution in [-0.2, 0) is 17.8 Å². The van der Waals surface area contributed by atoms with Crippen molar-refractivity contribution >= 4 is 11.3 Å². The highest BCUT2D eigenvalue weighted by Gasteiger charge is 2.21. The molecule has 1 unspecified atom stereocenters. The lowest BCUT2D eigenvalue weighted by Crippen LogP contribution is -2.31. The predicted molar refractivity (Wildman–Crippen MR) is 104 cm³/mol. The molecule has 1 aromatic carbocycles. The third-order valence-corrected chi connectivity index (χ3v) is 5.46. The smallest absolute Gasteiger partial charge is 0.241 e. The second-order valence-corrected chi connectivity index (χ2v) is 7.66. The minimum Gasteiger partial charge on any atom is -0.497 e. The van der Waals surface area contributed by atoms with Crippen LogP contribution >= 0.6 is 11.3 Å². The molecule has 2 aromatic heterocycles. The Morgan fingerprint density at radius 2 is 2.22 bits per heavy atom. The van der Waals surface area contributed by atoms with Gasteiger partial charge in [-0.05, 0) is 36.4 Å². The fourth-order valence-corrected chi connectivity index (χ4v) is 4.02. The van der Waals surface area contributed by atoms with Crippen LogP contribution < -0.4 is 4.74 Å². The van der Waals surface area contributed by atoms with Crippen molar-refractivity contribution in [1.29, 1.82) is 0 Å². The van der Waals surface area contributed by atoms with Crippen molar-refractivity contribution < 1.29 is 14.0 Å². The number of nitrogens with zero attached hydrogens (tertiary/aromatic N) is 3. The zero-order valence-corrected chi connectivity index (χ0v) is 16.2.